The minimum atomic E-state index is -0.242. The molecule has 0 spiro atoms. The van der Waals surface area contributed by atoms with E-state index in [4.69, 9.17) is 0 Å². The van der Waals surface area contributed by atoms with Crippen LogP contribution in [-0.2, 0) is 32.5 Å². The molecule has 0 unspecified atom stereocenters. The maximum atomic E-state index is 3.89. The highest BCUT2D eigenvalue weighted by molar-refractivity contribution is 5.47. The minimum Gasteiger partial charge on any atom is -0.361 e. The van der Waals surface area contributed by atoms with Gasteiger partial charge in [-0.2, -0.15) is 0 Å². The van der Waals surface area contributed by atoms with Crippen LogP contribution in [0.15, 0.2) is 97.1 Å². The van der Waals surface area contributed by atoms with Crippen LogP contribution in [-0.4, -0.2) is 19.9 Å². The number of fused-ring (bicyclic) bond motifs is 12. The number of nitrogens with one attached hydrogen (secondary N) is 4. The maximum Gasteiger partial charge on any atom is 0.0447 e. The molecular formula is C46H56N4. The Balaban J connectivity index is 1.41. The van der Waals surface area contributed by atoms with Crippen LogP contribution in [0.5, 0.6) is 0 Å². The second-order valence-electron chi connectivity index (χ2n) is 18.1. The van der Waals surface area contributed by atoms with Gasteiger partial charge in [0.2, 0.25) is 0 Å². The topological polar surface area (TPSA) is 63.2 Å². The van der Waals surface area contributed by atoms with Gasteiger partial charge in [0.15, 0.2) is 0 Å². The number of hydrogen-bond donors (Lipinski definition) is 4. The second kappa shape index (κ2) is 11.0. The fourth-order valence-electron chi connectivity index (χ4n) is 8.00. The van der Waals surface area contributed by atoms with Crippen molar-refractivity contribution in [1.82, 2.24) is 19.9 Å². The molecule has 0 saturated carbocycles. The predicted molar refractivity (Wildman–Crippen MR) is 209 cm³/mol. The second-order valence-corrected chi connectivity index (χ2v) is 18.1. The van der Waals surface area contributed by atoms with E-state index >= 15 is 0 Å². The molecule has 260 valence electrons. The van der Waals surface area contributed by atoms with Crippen molar-refractivity contribution in [2.75, 3.05) is 0 Å². The van der Waals surface area contributed by atoms with E-state index in [1.807, 2.05) is 0 Å². The lowest BCUT2D eigenvalue weighted by Gasteiger charge is -2.31. The number of aromatic amines is 4. The zero-order chi connectivity index (χ0) is 36.1. The maximum absolute atomic E-state index is 3.89. The molecule has 4 aromatic heterocycles. The van der Waals surface area contributed by atoms with E-state index in [1.165, 1.54) is 67.8 Å². The van der Waals surface area contributed by atoms with Crippen molar-refractivity contribution in [3.8, 4) is 0 Å². The first-order chi connectivity index (χ1) is 23.3. The molecule has 6 aromatic rings. The first-order valence-corrected chi connectivity index (χ1v) is 18.3. The van der Waals surface area contributed by atoms with Crippen LogP contribution in [0.3, 0.4) is 0 Å². The first-order valence-electron chi connectivity index (χ1n) is 18.3. The highest BCUT2D eigenvalue weighted by Gasteiger charge is 2.36. The van der Waals surface area contributed by atoms with Crippen LogP contribution in [0.2, 0.25) is 0 Å². The van der Waals surface area contributed by atoms with Crippen molar-refractivity contribution in [1.29, 1.82) is 0 Å². The summed E-state index contributed by atoms with van der Waals surface area (Å²) in [4.78, 5) is 15.6. The molecule has 1 aliphatic rings. The zero-order valence-corrected chi connectivity index (χ0v) is 32.2. The number of hydrogen-bond acceptors (Lipinski definition) is 0. The summed E-state index contributed by atoms with van der Waals surface area (Å²) in [6.07, 6.45) is 0. The van der Waals surface area contributed by atoms with Gasteiger partial charge < -0.3 is 19.9 Å². The summed E-state index contributed by atoms with van der Waals surface area (Å²) < 4.78 is 0. The van der Waals surface area contributed by atoms with Crippen molar-refractivity contribution >= 4 is 0 Å². The van der Waals surface area contributed by atoms with Crippen molar-refractivity contribution in [3.63, 3.8) is 0 Å². The molecule has 0 atom stereocenters. The lowest BCUT2D eigenvalue weighted by molar-refractivity contribution is 0.559. The number of rotatable bonds is 0. The lowest BCUT2D eigenvalue weighted by Crippen LogP contribution is -2.26. The van der Waals surface area contributed by atoms with Crippen LogP contribution in [0.25, 0.3) is 0 Å². The molecule has 0 fully saturated rings. The van der Waals surface area contributed by atoms with Gasteiger partial charge in [-0.25, -0.2) is 0 Å². The van der Waals surface area contributed by atoms with E-state index in [9.17, 15) is 0 Å². The average Bonchev–Trinajstić information content (AvgIpc) is 3.91. The average molecular weight is 665 g/mol. The molecular weight excluding hydrogens is 609 g/mol. The van der Waals surface area contributed by atoms with Gasteiger partial charge in [-0.3, -0.25) is 0 Å². The largest absolute Gasteiger partial charge is 0.361 e. The smallest absolute Gasteiger partial charge is 0.0447 e. The first kappa shape index (κ1) is 34.0. The molecule has 4 N–H and O–H groups in total. The van der Waals surface area contributed by atoms with Crippen LogP contribution < -0.4 is 0 Å². The van der Waals surface area contributed by atoms with Gasteiger partial charge in [0.05, 0.1) is 0 Å². The molecule has 2 aromatic carbocycles. The molecule has 5 heterocycles. The van der Waals surface area contributed by atoms with E-state index in [2.05, 4.69) is 200 Å². The van der Waals surface area contributed by atoms with Gasteiger partial charge in [-0.15, -0.1) is 0 Å². The van der Waals surface area contributed by atoms with Gasteiger partial charge in [-0.1, -0.05) is 104 Å². The van der Waals surface area contributed by atoms with Gasteiger partial charge in [0.1, 0.15) is 0 Å². The minimum absolute atomic E-state index is 0.218. The van der Waals surface area contributed by atoms with E-state index in [1.54, 1.807) is 0 Å². The van der Waals surface area contributed by atoms with Crippen LogP contribution in [0.1, 0.15) is 151 Å². The Hall–Kier alpha value is -4.44. The molecule has 1 aliphatic heterocycles. The monoisotopic (exact) mass is 664 g/mol. The Morgan fingerprint density at radius 3 is 0.640 bits per heavy atom. The zero-order valence-electron chi connectivity index (χ0n) is 32.2. The van der Waals surface area contributed by atoms with Crippen molar-refractivity contribution in [3.05, 3.63) is 165 Å². The third kappa shape index (κ3) is 5.17. The van der Waals surface area contributed by atoms with Gasteiger partial charge in [-0.05, 0) is 98.5 Å². The molecule has 4 heteroatoms. The third-order valence-corrected chi connectivity index (χ3v) is 12.7. The van der Waals surface area contributed by atoms with E-state index < -0.39 is 0 Å². The summed E-state index contributed by atoms with van der Waals surface area (Å²) in [7, 11) is 0. The Morgan fingerprint density at radius 1 is 0.260 bits per heavy atom. The Morgan fingerprint density at radius 2 is 0.440 bits per heavy atom. The molecule has 0 radical (unpaired) electrons. The fourth-order valence-corrected chi connectivity index (χ4v) is 8.00. The summed E-state index contributed by atoms with van der Waals surface area (Å²) in [5.41, 5.74) is 13.5. The molecule has 0 aliphatic carbocycles. The normalized spacial score (nSPS) is 19.8. The molecule has 4 nitrogen and oxygen atoms in total. The summed E-state index contributed by atoms with van der Waals surface area (Å²) in [5, 5.41) is 0. The predicted octanol–water partition coefficient (Wildman–Crippen LogP) is 11.3. The molecule has 7 rings (SSSR count). The van der Waals surface area contributed by atoms with Crippen LogP contribution in [0.4, 0.5) is 0 Å². The van der Waals surface area contributed by atoms with Gasteiger partial charge >= 0.3 is 0 Å². The summed E-state index contributed by atoms with van der Waals surface area (Å²) in [6, 6.07) is 36.6. The number of aromatic nitrogens is 4. The highest BCUT2D eigenvalue weighted by atomic mass is 14.8. The molecule has 0 amide bonds. The quantitative estimate of drug-likeness (QED) is 0.125. The SMILES string of the molecule is CC1(C)c2cccc(c2)C(C)(C)c2ccc([nH]2)C(C)(C)c2ccc([nH]2)C(C)(C)c2cccc(c2)C(C)(C)c2ccc([nH]2)C(C)(C)c2ccc1[nH]2. The third-order valence-electron chi connectivity index (χ3n) is 12.7. The lowest BCUT2D eigenvalue weighted by atomic mass is 9.76. The Kier molecular flexibility index (Phi) is 7.51. The summed E-state index contributed by atoms with van der Waals surface area (Å²) in [5.74, 6) is 0. The van der Waals surface area contributed by atoms with Crippen molar-refractivity contribution < 1.29 is 0 Å². The number of H-pyrrole nitrogens is 4. The van der Waals surface area contributed by atoms with E-state index in [0.29, 0.717) is 0 Å². The fraction of sp³-hybridized carbons (Fsp3) is 0.391. The highest BCUT2D eigenvalue weighted by Crippen LogP contribution is 2.42. The van der Waals surface area contributed by atoms with Gasteiger partial charge in [0, 0.05) is 78.0 Å². The van der Waals surface area contributed by atoms with E-state index in [0.717, 1.165) is 0 Å². The number of benzene rings is 2. The molecule has 0 saturated heterocycles. The Bertz CT molecular complexity index is 1880. The Labute approximate surface area is 299 Å². The summed E-state index contributed by atoms with van der Waals surface area (Å²) in [6.45, 7) is 27.9. The molecule has 12 bridgehead atoms. The van der Waals surface area contributed by atoms with E-state index in [-0.39, 0.29) is 32.5 Å². The standard InChI is InChI=1S/C46H56N4/c1-41(2)29-15-13-16-30(27-29)42(3,4)34-20-25-39(48-34)46(11,12)40-26-22-36(50-40)44(7,8)32-18-14-17-31(28-32)43(5,6)35-21-24-38(49-35)45(9,10)37-23-19-33(41)47-37/h13-28,47-50H,1-12H3. The van der Waals surface area contributed by atoms with Crippen molar-refractivity contribution in [2.24, 2.45) is 0 Å². The van der Waals surface area contributed by atoms with Crippen LogP contribution in [0, 0.1) is 0 Å². The van der Waals surface area contributed by atoms with Gasteiger partial charge in [0.25, 0.3) is 0 Å². The molecule has 50 heavy (non-hydrogen) atoms. The summed E-state index contributed by atoms with van der Waals surface area (Å²) >= 11 is 0. The van der Waals surface area contributed by atoms with Crippen molar-refractivity contribution in [2.45, 2.75) is 116 Å². The van der Waals surface area contributed by atoms with Crippen LogP contribution >= 0.6 is 0 Å².